The zero-order valence-electron chi connectivity index (χ0n) is 20.6. The van der Waals surface area contributed by atoms with Gasteiger partial charge in [0.05, 0.1) is 25.1 Å². The molecule has 0 radical (unpaired) electrons. The summed E-state index contributed by atoms with van der Waals surface area (Å²) in [5, 5.41) is 0. The third-order valence-corrected chi connectivity index (χ3v) is 6.10. The van der Waals surface area contributed by atoms with Crippen molar-refractivity contribution in [3.63, 3.8) is 0 Å². The van der Waals surface area contributed by atoms with E-state index in [9.17, 15) is 19.2 Å². The zero-order chi connectivity index (χ0) is 25.4. The molecule has 9 nitrogen and oxygen atoms in total. The van der Waals surface area contributed by atoms with Gasteiger partial charge in [-0.15, -0.1) is 0 Å². The molecule has 3 heterocycles. The number of carbonyl (C=O) groups is 2. The van der Waals surface area contributed by atoms with Gasteiger partial charge >= 0.3 is 5.69 Å². The van der Waals surface area contributed by atoms with Crippen molar-refractivity contribution in [3.8, 4) is 0 Å². The predicted molar refractivity (Wildman–Crippen MR) is 133 cm³/mol. The van der Waals surface area contributed by atoms with Gasteiger partial charge in [-0.2, -0.15) is 0 Å². The summed E-state index contributed by atoms with van der Waals surface area (Å²) in [5.41, 5.74) is 2.05. The van der Waals surface area contributed by atoms with Crippen molar-refractivity contribution >= 4 is 22.7 Å². The lowest BCUT2D eigenvalue weighted by atomic mass is 10.1. The van der Waals surface area contributed by atoms with Gasteiger partial charge in [-0.05, 0) is 37.8 Å². The van der Waals surface area contributed by atoms with Crippen molar-refractivity contribution in [2.24, 2.45) is 5.92 Å². The number of carbonyl (C=O) groups excluding carboxylic acids is 2. The summed E-state index contributed by atoms with van der Waals surface area (Å²) in [5.74, 6) is -0.361. The monoisotopic (exact) mass is 475 g/mol. The summed E-state index contributed by atoms with van der Waals surface area (Å²) in [4.78, 5) is 59.7. The van der Waals surface area contributed by atoms with E-state index in [4.69, 9.17) is 0 Å². The van der Waals surface area contributed by atoms with Gasteiger partial charge in [0.1, 0.15) is 0 Å². The highest BCUT2D eigenvalue weighted by molar-refractivity contribution is 6.03. The molecule has 0 aliphatic rings. The molecule has 0 saturated heterocycles. The van der Waals surface area contributed by atoms with Crippen LogP contribution in [-0.2, 0) is 19.6 Å². The first-order valence-corrected chi connectivity index (χ1v) is 11.6. The number of ketones is 2. The number of nitrogens with one attached hydrogen (secondary N) is 1. The number of H-pyrrole nitrogens is 1. The Bertz CT molecular complexity index is 1550. The number of hydrogen-bond acceptors (Lipinski definition) is 5. The molecule has 0 saturated carbocycles. The minimum atomic E-state index is -0.609. The molecule has 0 unspecified atom stereocenters. The molecular weight excluding hydrogens is 446 g/mol. The fourth-order valence-electron chi connectivity index (χ4n) is 4.60. The summed E-state index contributed by atoms with van der Waals surface area (Å²) in [7, 11) is 0. The number of aryl methyl sites for hydroxylation is 1. The molecule has 0 atom stereocenters. The smallest absolute Gasteiger partial charge is 0.333 e. The maximum absolute atomic E-state index is 13.5. The average Bonchev–Trinajstić information content (AvgIpc) is 3.34. The highest BCUT2D eigenvalue weighted by atomic mass is 16.2. The van der Waals surface area contributed by atoms with Crippen LogP contribution in [0.1, 0.15) is 58.4 Å². The Kier molecular flexibility index (Phi) is 6.43. The van der Waals surface area contributed by atoms with Crippen molar-refractivity contribution in [1.29, 1.82) is 0 Å². The molecule has 0 aliphatic carbocycles. The highest BCUT2D eigenvalue weighted by Crippen LogP contribution is 2.19. The number of rotatable bonds is 8. The Hall–Kier alpha value is -4.01. The Morgan fingerprint density at radius 2 is 1.74 bits per heavy atom. The molecule has 0 aliphatic heterocycles. The van der Waals surface area contributed by atoms with E-state index in [2.05, 4.69) is 9.97 Å². The van der Waals surface area contributed by atoms with Crippen molar-refractivity contribution in [3.05, 3.63) is 85.6 Å². The lowest BCUT2D eigenvalue weighted by molar-refractivity contribution is 0.0963. The first-order valence-electron chi connectivity index (χ1n) is 11.6. The van der Waals surface area contributed by atoms with E-state index >= 15 is 0 Å². The lowest BCUT2D eigenvalue weighted by Gasteiger charge is -2.13. The number of nitrogens with zero attached hydrogens (tertiary/aromatic N) is 4. The van der Waals surface area contributed by atoms with Crippen molar-refractivity contribution in [2.75, 3.05) is 0 Å². The fraction of sp³-hybridized carbons (Fsp3) is 0.346. The van der Waals surface area contributed by atoms with Gasteiger partial charge in [0.2, 0.25) is 0 Å². The van der Waals surface area contributed by atoms with Crippen LogP contribution in [0.15, 0.2) is 46.2 Å². The van der Waals surface area contributed by atoms with Crippen LogP contribution in [-0.4, -0.2) is 35.2 Å². The van der Waals surface area contributed by atoms with Crippen LogP contribution in [0, 0.1) is 19.8 Å². The summed E-state index contributed by atoms with van der Waals surface area (Å²) >= 11 is 0. The first-order chi connectivity index (χ1) is 16.6. The van der Waals surface area contributed by atoms with E-state index in [0.717, 1.165) is 10.1 Å². The number of imidazole rings is 1. The van der Waals surface area contributed by atoms with Crippen LogP contribution >= 0.6 is 0 Å². The molecule has 3 aromatic heterocycles. The topological polar surface area (TPSA) is 112 Å². The molecule has 182 valence electrons. The Labute approximate surface area is 202 Å². The Morgan fingerprint density at radius 1 is 1.06 bits per heavy atom. The van der Waals surface area contributed by atoms with Gasteiger partial charge in [0.25, 0.3) is 5.56 Å². The standard InChI is InChI=1S/C26H29N5O4/c1-15(2)11-29-14-27-24-23(29)25(34)31(26(35)30(24)12-19-9-7-6-8-10-19)13-20(33)22-16(3)21(18(5)32)17(4)28-22/h6-10,14-15,28H,11-13H2,1-5H3. The van der Waals surface area contributed by atoms with Crippen molar-refractivity contribution in [1.82, 2.24) is 23.7 Å². The zero-order valence-corrected chi connectivity index (χ0v) is 20.6. The van der Waals surface area contributed by atoms with Crippen molar-refractivity contribution < 1.29 is 9.59 Å². The van der Waals surface area contributed by atoms with Gasteiger partial charge in [-0.3, -0.25) is 23.5 Å². The average molecular weight is 476 g/mol. The molecule has 0 spiro atoms. The molecule has 0 bridgehead atoms. The van der Waals surface area contributed by atoms with E-state index in [-0.39, 0.29) is 29.5 Å². The molecule has 0 fully saturated rings. The second-order valence-corrected chi connectivity index (χ2v) is 9.31. The largest absolute Gasteiger partial charge is 0.355 e. The maximum atomic E-state index is 13.5. The van der Waals surface area contributed by atoms with E-state index in [1.807, 2.05) is 44.2 Å². The summed E-state index contributed by atoms with van der Waals surface area (Å²) in [6.07, 6.45) is 1.57. The highest BCUT2D eigenvalue weighted by Gasteiger charge is 2.24. The second kappa shape index (κ2) is 9.32. The van der Waals surface area contributed by atoms with Crippen LogP contribution in [0.3, 0.4) is 0 Å². The summed E-state index contributed by atoms with van der Waals surface area (Å²) in [6, 6.07) is 9.40. The molecule has 1 aromatic carbocycles. The Balaban J connectivity index is 1.88. The van der Waals surface area contributed by atoms with Crippen LogP contribution in [0.4, 0.5) is 0 Å². The van der Waals surface area contributed by atoms with E-state index in [1.54, 1.807) is 24.7 Å². The molecule has 4 aromatic rings. The molecule has 4 rings (SSSR count). The first kappa shape index (κ1) is 24.1. The third kappa shape index (κ3) is 4.41. The Morgan fingerprint density at radius 3 is 2.34 bits per heavy atom. The van der Waals surface area contributed by atoms with Crippen molar-refractivity contribution in [2.45, 2.75) is 54.3 Å². The van der Waals surface area contributed by atoms with Crippen LogP contribution in [0.25, 0.3) is 11.2 Å². The fourth-order valence-corrected chi connectivity index (χ4v) is 4.60. The van der Waals surface area contributed by atoms with Gasteiger partial charge in [0, 0.05) is 17.8 Å². The molecule has 0 amide bonds. The van der Waals surface area contributed by atoms with E-state index in [1.165, 1.54) is 11.5 Å². The maximum Gasteiger partial charge on any atom is 0.333 e. The number of benzene rings is 1. The molecule has 35 heavy (non-hydrogen) atoms. The summed E-state index contributed by atoms with van der Waals surface area (Å²) in [6.45, 7) is 9.19. The SMILES string of the molecule is CC(=O)c1c(C)[nH]c(C(=O)Cn2c(=O)c3c(ncn3CC(C)C)n(Cc3ccccc3)c2=O)c1C. The normalized spacial score (nSPS) is 11.5. The number of fused-ring (bicyclic) bond motifs is 1. The van der Waals surface area contributed by atoms with Gasteiger partial charge in [-0.1, -0.05) is 44.2 Å². The van der Waals surface area contributed by atoms with Crippen LogP contribution in [0.2, 0.25) is 0 Å². The summed E-state index contributed by atoms with van der Waals surface area (Å²) < 4.78 is 4.14. The molecule has 1 N–H and O–H groups in total. The van der Waals surface area contributed by atoms with Gasteiger partial charge < -0.3 is 9.55 Å². The molecular formula is C26H29N5O4. The number of aromatic amines is 1. The van der Waals surface area contributed by atoms with Gasteiger partial charge in [-0.25, -0.2) is 9.78 Å². The number of hydrogen-bond donors (Lipinski definition) is 1. The number of aromatic nitrogens is 5. The quantitative estimate of drug-likeness (QED) is 0.394. The minimum Gasteiger partial charge on any atom is -0.355 e. The predicted octanol–water partition coefficient (Wildman–Crippen LogP) is 3.09. The third-order valence-electron chi connectivity index (χ3n) is 6.10. The minimum absolute atomic E-state index is 0.156. The van der Waals surface area contributed by atoms with Gasteiger partial charge in [0.15, 0.2) is 22.7 Å². The second-order valence-electron chi connectivity index (χ2n) is 9.31. The van der Waals surface area contributed by atoms with Crippen LogP contribution < -0.4 is 11.2 Å². The number of Topliss-reactive ketones (excluding diaryl/α,β-unsaturated/α-hetero) is 2. The van der Waals surface area contributed by atoms with E-state index in [0.29, 0.717) is 29.0 Å². The molecule has 9 heteroatoms. The lowest BCUT2D eigenvalue weighted by Crippen LogP contribution is -2.42. The van der Waals surface area contributed by atoms with Crippen LogP contribution in [0.5, 0.6) is 0 Å². The van der Waals surface area contributed by atoms with E-state index < -0.39 is 23.6 Å².